The average Bonchev–Trinajstić information content (AvgIpc) is 2.74. The number of allylic oxidation sites excluding steroid dienone is 2. The van der Waals surface area contributed by atoms with Crippen LogP contribution in [0.2, 0.25) is 0 Å². The van der Waals surface area contributed by atoms with Gasteiger partial charge in [0.25, 0.3) is 5.91 Å². The molecule has 0 heterocycles. The molecule has 0 fully saturated rings. The number of hydrogen-bond donors (Lipinski definition) is 1. The molecule has 2 aromatic carbocycles. The highest BCUT2D eigenvalue weighted by atomic mass is 16.5. The molecule has 1 N–H and O–H groups in total. The van der Waals surface area contributed by atoms with Crippen LogP contribution in [0, 0.1) is 0 Å². The molecule has 148 valence electrons. The first-order valence-electron chi connectivity index (χ1n) is 9.66. The van der Waals surface area contributed by atoms with Crippen molar-refractivity contribution in [3.8, 4) is 0 Å². The predicted octanol–water partition coefficient (Wildman–Crippen LogP) is 4.42. The van der Waals surface area contributed by atoms with Gasteiger partial charge in [0.15, 0.2) is 5.76 Å². The van der Waals surface area contributed by atoms with Gasteiger partial charge >= 0.3 is 0 Å². The zero-order valence-electron chi connectivity index (χ0n) is 16.5. The van der Waals surface area contributed by atoms with Crippen LogP contribution in [0.5, 0.6) is 0 Å². The molecule has 4 heteroatoms. The van der Waals surface area contributed by atoms with Crippen LogP contribution < -0.4 is 0 Å². The lowest BCUT2D eigenvalue weighted by atomic mass is 10.1. The zero-order chi connectivity index (χ0) is 20.0. The minimum atomic E-state index is -0.131. The molecule has 0 aliphatic rings. The summed E-state index contributed by atoms with van der Waals surface area (Å²) in [5.41, 5.74) is 2.14. The average molecular weight is 380 g/mol. The van der Waals surface area contributed by atoms with E-state index < -0.39 is 0 Å². The van der Waals surface area contributed by atoms with Crippen molar-refractivity contribution in [1.82, 2.24) is 4.90 Å². The van der Waals surface area contributed by atoms with Gasteiger partial charge in [-0.2, -0.15) is 0 Å². The van der Waals surface area contributed by atoms with Gasteiger partial charge in [0, 0.05) is 19.7 Å². The Morgan fingerprint density at radius 2 is 1.68 bits per heavy atom. The van der Waals surface area contributed by atoms with Crippen molar-refractivity contribution >= 4 is 12.0 Å². The maximum atomic E-state index is 13.0. The molecule has 2 rings (SSSR count). The second-order valence-electron chi connectivity index (χ2n) is 6.50. The first-order valence-corrected chi connectivity index (χ1v) is 9.66. The van der Waals surface area contributed by atoms with Crippen LogP contribution in [0.25, 0.3) is 6.08 Å². The Morgan fingerprint density at radius 3 is 2.32 bits per heavy atom. The number of ether oxygens (including phenoxy) is 1. The fourth-order valence-corrected chi connectivity index (χ4v) is 2.84. The van der Waals surface area contributed by atoms with E-state index in [0.29, 0.717) is 18.8 Å². The standard InChI is InChI=1S/C24H29NO3/c1-28-23(17-11-16-21-12-5-2-6-13-21)24(27)25(18-9-4-10-19-26)20-22-14-7-3-8-15-22/h2-3,5-8,11-17,26H,4,9-10,18-20H2,1H3/b16-11+,23-17-. The van der Waals surface area contributed by atoms with E-state index in [9.17, 15) is 4.79 Å². The van der Waals surface area contributed by atoms with Gasteiger partial charge in [0.1, 0.15) is 0 Å². The number of methoxy groups -OCH3 is 1. The van der Waals surface area contributed by atoms with Crippen molar-refractivity contribution < 1.29 is 14.6 Å². The minimum Gasteiger partial charge on any atom is -0.491 e. The fraction of sp³-hybridized carbons (Fsp3) is 0.292. The molecule has 1 amide bonds. The van der Waals surface area contributed by atoms with Crippen LogP contribution in [-0.2, 0) is 16.1 Å². The first-order chi connectivity index (χ1) is 13.7. The van der Waals surface area contributed by atoms with Crippen LogP contribution in [0.15, 0.2) is 78.6 Å². The van der Waals surface area contributed by atoms with E-state index in [0.717, 1.165) is 30.4 Å². The van der Waals surface area contributed by atoms with Gasteiger partial charge in [-0.05, 0) is 36.5 Å². The fourth-order valence-electron chi connectivity index (χ4n) is 2.84. The van der Waals surface area contributed by atoms with Gasteiger partial charge in [-0.3, -0.25) is 4.79 Å². The summed E-state index contributed by atoms with van der Waals surface area (Å²) in [5.74, 6) is 0.179. The third-order valence-electron chi connectivity index (χ3n) is 4.36. The lowest BCUT2D eigenvalue weighted by Crippen LogP contribution is -2.33. The van der Waals surface area contributed by atoms with Gasteiger partial charge < -0.3 is 14.7 Å². The highest BCUT2D eigenvalue weighted by Crippen LogP contribution is 2.12. The molecule has 0 saturated carbocycles. The van der Waals surface area contributed by atoms with Gasteiger partial charge in [-0.25, -0.2) is 0 Å². The number of hydrogen-bond acceptors (Lipinski definition) is 3. The molecule has 2 aromatic rings. The summed E-state index contributed by atoms with van der Waals surface area (Å²) in [4.78, 5) is 14.8. The minimum absolute atomic E-state index is 0.131. The second-order valence-corrected chi connectivity index (χ2v) is 6.50. The molecule has 0 aromatic heterocycles. The third kappa shape index (κ3) is 7.41. The van der Waals surface area contributed by atoms with E-state index in [4.69, 9.17) is 9.84 Å². The molecule has 0 bridgehead atoms. The number of unbranched alkanes of at least 4 members (excludes halogenated alkanes) is 2. The van der Waals surface area contributed by atoms with Crippen LogP contribution in [-0.4, -0.2) is 36.2 Å². The van der Waals surface area contributed by atoms with E-state index >= 15 is 0 Å². The molecule has 28 heavy (non-hydrogen) atoms. The number of nitrogens with zero attached hydrogens (tertiary/aromatic N) is 1. The molecular formula is C24H29NO3. The molecule has 0 spiro atoms. The summed E-state index contributed by atoms with van der Waals surface area (Å²) in [5, 5.41) is 8.98. The van der Waals surface area contributed by atoms with Crippen molar-refractivity contribution in [3.05, 3.63) is 89.7 Å². The molecule has 0 radical (unpaired) electrons. The SMILES string of the molecule is CO/C(=C\C=C\c1ccccc1)C(=O)N(CCCCCO)Cc1ccccc1. The summed E-state index contributed by atoms with van der Waals surface area (Å²) in [6.07, 6.45) is 7.96. The Kier molecular flexibility index (Phi) is 9.59. The van der Waals surface area contributed by atoms with Crippen molar-refractivity contribution in [2.45, 2.75) is 25.8 Å². The predicted molar refractivity (Wildman–Crippen MR) is 113 cm³/mol. The second kappa shape index (κ2) is 12.5. The topological polar surface area (TPSA) is 49.8 Å². The van der Waals surface area contributed by atoms with E-state index in [2.05, 4.69) is 0 Å². The summed E-state index contributed by atoms with van der Waals surface area (Å²) >= 11 is 0. The van der Waals surface area contributed by atoms with Crippen LogP contribution in [0.4, 0.5) is 0 Å². The van der Waals surface area contributed by atoms with Gasteiger partial charge in [0.2, 0.25) is 0 Å². The third-order valence-corrected chi connectivity index (χ3v) is 4.36. The molecule has 0 saturated heterocycles. The summed E-state index contributed by atoms with van der Waals surface area (Å²) in [7, 11) is 1.52. The highest BCUT2D eigenvalue weighted by Gasteiger charge is 2.18. The van der Waals surface area contributed by atoms with Crippen LogP contribution >= 0.6 is 0 Å². The summed E-state index contributed by atoms with van der Waals surface area (Å²) in [6, 6.07) is 19.8. The van der Waals surface area contributed by atoms with Gasteiger partial charge in [-0.1, -0.05) is 72.8 Å². The van der Waals surface area contributed by atoms with Crippen molar-refractivity contribution in [1.29, 1.82) is 0 Å². The Hall–Kier alpha value is -2.85. The maximum absolute atomic E-state index is 13.0. The van der Waals surface area contributed by atoms with Crippen LogP contribution in [0.1, 0.15) is 30.4 Å². The van der Waals surface area contributed by atoms with Gasteiger partial charge in [0.05, 0.1) is 7.11 Å². The Labute approximate surface area is 167 Å². The number of carbonyl (C=O) groups is 1. The number of benzene rings is 2. The molecule has 0 aliphatic heterocycles. The summed E-state index contributed by atoms with van der Waals surface area (Å²) < 4.78 is 5.37. The quantitative estimate of drug-likeness (QED) is 0.272. The maximum Gasteiger partial charge on any atom is 0.289 e. The van der Waals surface area contributed by atoms with E-state index in [1.165, 1.54) is 7.11 Å². The summed E-state index contributed by atoms with van der Waals surface area (Å²) in [6.45, 7) is 1.33. The normalized spacial score (nSPS) is 11.6. The molecule has 0 atom stereocenters. The van der Waals surface area contributed by atoms with Crippen molar-refractivity contribution in [3.63, 3.8) is 0 Å². The highest BCUT2D eigenvalue weighted by molar-refractivity contribution is 5.91. The van der Waals surface area contributed by atoms with E-state index in [-0.39, 0.29) is 12.5 Å². The van der Waals surface area contributed by atoms with E-state index in [1.807, 2.05) is 72.8 Å². The lowest BCUT2D eigenvalue weighted by Gasteiger charge is -2.23. The van der Waals surface area contributed by atoms with Crippen molar-refractivity contribution in [2.75, 3.05) is 20.3 Å². The molecule has 0 unspecified atom stereocenters. The Morgan fingerprint density at radius 1 is 1.00 bits per heavy atom. The number of carbonyl (C=O) groups excluding carboxylic acids is 1. The first kappa shape index (κ1) is 21.5. The number of amides is 1. The molecule has 0 aliphatic carbocycles. The van der Waals surface area contributed by atoms with E-state index in [1.54, 1.807) is 11.0 Å². The molecular weight excluding hydrogens is 350 g/mol. The monoisotopic (exact) mass is 379 g/mol. The number of rotatable bonds is 11. The smallest absolute Gasteiger partial charge is 0.289 e. The Balaban J connectivity index is 2.10. The number of aliphatic hydroxyl groups is 1. The van der Waals surface area contributed by atoms with Crippen molar-refractivity contribution in [2.24, 2.45) is 0 Å². The van der Waals surface area contributed by atoms with Crippen LogP contribution in [0.3, 0.4) is 0 Å². The zero-order valence-corrected chi connectivity index (χ0v) is 16.5. The number of aliphatic hydroxyl groups excluding tert-OH is 1. The largest absolute Gasteiger partial charge is 0.491 e. The van der Waals surface area contributed by atoms with Gasteiger partial charge in [-0.15, -0.1) is 0 Å². The Bertz CT molecular complexity index is 754. The molecule has 4 nitrogen and oxygen atoms in total. The lowest BCUT2D eigenvalue weighted by molar-refractivity contribution is -0.131.